The van der Waals surface area contributed by atoms with Crippen LogP contribution in [0.1, 0.15) is 31.4 Å². The Morgan fingerprint density at radius 2 is 2.25 bits per heavy atom. The van der Waals surface area contributed by atoms with Crippen LogP contribution in [0, 0.1) is 11.2 Å². The lowest BCUT2D eigenvalue weighted by molar-refractivity contribution is -0.131. The first-order valence-corrected chi connectivity index (χ1v) is 6.77. The number of likely N-dealkylation sites (tertiary alicyclic amines) is 1. The van der Waals surface area contributed by atoms with Crippen molar-refractivity contribution in [2.24, 2.45) is 5.41 Å². The molecule has 20 heavy (non-hydrogen) atoms. The lowest BCUT2D eigenvalue weighted by Crippen LogP contribution is -2.22. The highest BCUT2D eigenvalue weighted by molar-refractivity contribution is 5.85. The molecule has 1 N–H and O–H groups in total. The molecule has 0 spiro atoms. The predicted molar refractivity (Wildman–Crippen MR) is 76.7 cm³/mol. The van der Waals surface area contributed by atoms with E-state index in [1.165, 1.54) is 18.6 Å². The molecule has 0 atom stereocenters. The highest BCUT2D eigenvalue weighted by Crippen LogP contribution is 2.29. The van der Waals surface area contributed by atoms with Gasteiger partial charge in [0, 0.05) is 24.7 Å². The van der Waals surface area contributed by atoms with Crippen LogP contribution >= 0.6 is 0 Å². The minimum absolute atomic E-state index is 0.323. The number of hydrogen-bond acceptors (Lipinski definition) is 2. The number of hydrogen-bond donors (Lipinski definition) is 1. The molecule has 108 valence electrons. The predicted octanol–water partition coefficient (Wildman–Crippen LogP) is 3.16. The van der Waals surface area contributed by atoms with Crippen LogP contribution in [0.25, 0.3) is 6.08 Å². The molecule has 1 aliphatic heterocycles. The Balaban J connectivity index is 2.10. The maximum atomic E-state index is 13.6. The van der Waals surface area contributed by atoms with Crippen molar-refractivity contribution >= 4 is 12.0 Å². The number of nitrogens with zero attached hydrogens (tertiary/aromatic N) is 1. The van der Waals surface area contributed by atoms with Crippen LogP contribution in [0.4, 0.5) is 4.39 Å². The molecule has 1 aromatic carbocycles. The van der Waals surface area contributed by atoms with Gasteiger partial charge in [-0.15, -0.1) is 0 Å². The second-order valence-electron chi connectivity index (χ2n) is 6.15. The molecule has 0 saturated carbocycles. The van der Waals surface area contributed by atoms with Crippen LogP contribution in [0.5, 0.6) is 0 Å². The smallest absolute Gasteiger partial charge is 0.328 e. The zero-order chi connectivity index (χ0) is 14.8. The summed E-state index contributed by atoms with van der Waals surface area (Å²) < 4.78 is 13.6. The van der Waals surface area contributed by atoms with Crippen LogP contribution < -0.4 is 0 Å². The summed E-state index contributed by atoms with van der Waals surface area (Å²) in [6.45, 7) is 7.35. The summed E-state index contributed by atoms with van der Waals surface area (Å²) in [6, 6.07) is 4.89. The SMILES string of the molecule is CC1(C)CCN(Cc2ccc(F)c(/C=C/C(=O)O)c2)C1. The maximum absolute atomic E-state index is 13.6. The number of benzene rings is 1. The topological polar surface area (TPSA) is 40.5 Å². The number of halogens is 1. The van der Waals surface area contributed by atoms with Gasteiger partial charge in [0.05, 0.1) is 0 Å². The summed E-state index contributed by atoms with van der Waals surface area (Å²) in [5.74, 6) is -1.47. The average molecular weight is 277 g/mol. The third-order valence-corrected chi connectivity index (χ3v) is 3.63. The quantitative estimate of drug-likeness (QED) is 0.859. The van der Waals surface area contributed by atoms with Crippen molar-refractivity contribution in [3.05, 3.63) is 41.2 Å². The Labute approximate surface area is 118 Å². The summed E-state index contributed by atoms with van der Waals surface area (Å²) in [4.78, 5) is 12.8. The standard InChI is InChI=1S/C16H20FNO2/c1-16(2)7-8-18(11-16)10-12-3-5-14(17)13(9-12)4-6-15(19)20/h3-6,9H,7-8,10-11H2,1-2H3,(H,19,20)/b6-4+. The molecule has 0 radical (unpaired) electrons. The van der Waals surface area contributed by atoms with Gasteiger partial charge >= 0.3 is 5.97 Å². The largest absolute Gasteiger partial charge is 0.478 e. The van der Waals surface area contributed by atoms with E-state index in [9.17, 15) is 9.18 Å². The van der Waals surface area contributed by atoms with Gasteiger partial charge in [-0.1, -0.05) is 19.9 Å². The minimum atomic E-state index is -1.07. The van der Waals surface area contributed by atoms with Crippen LogP contribution in [0.15, 0.2) is 24.3 Å². The summed E-state index contributed by atoms with van der Waals surface area (Å²) in [7, 11) is 0. The summed E-state index contributed by atoms with van der Waals surface area (Å²) in [6.07, 6.45) is 3.43. The summed E-state index contributed by atoms with van der Waals surface area (Å²) >= 11 is 0. The fraction of sp³-hybridized carbons (Fsp3) is 0.438. The second kappa shape index (κ2) is 5.75. The van der Waals surface area contributed by atoms with Crippen molar-refractivity contribution in [3.8, 4) is 0 Å². The van der Waals surface area contributed by atoms with Crippen molar-refractivity contribution in [2.45, 2.75) is 26.8 Å². The van der Waals surface area contributed by atoms with Crippen molar-refractivity contribution in [2.75, 3.05) is 13.1 Å². The Bertz CT molecular complexity index is 537. The Morgan fingerprint density at radius 3 is 2.85 bits per heavy atom. The number of carbonyl (C=O) groups is 1. The summed E-state index contributed by atoms with van der Waals surface area (Å²) in [5, 5.41) is 8.60. The van der Waals surface area contributed by atoms with Gasteiger partial charge in [0.1, 0.15) is 5.82 Å². The highest BCUT2D eigenvalue weighted by Gasteiger charge is 2.28. The van der Waals surface area contributed by atoms with E-state index in [0.717, 1.165) is 31.3 Å². The first-order chi connectivity index (χ1) is 9.35. The van der Waals surface area contributed by atoms with E-state index < -0.39 is 11.8 Å². The number of rotatable bonds is 4. The van der Waals surface area contributed by atoms with E-state index in [2.05, 4.69) is 18.7 Å². The van der Waals surface area contributed by atoms with Gasteiger partial charge in [-0.3, -0.25) is 4.90 Å². The van der Waals surface area contributed by atoms with E-state index in [-0.39, 0.29) is 0 Å². The van der Waals surface area contributed by atoms with Gasteiger partial charge in [-0.05, 0) is 42.2 Å². The molecule has 0 aliphatic carbocycles. The molecule has 0 unspecified atom stereocenters. The molecule has 1 aliphatic rings. The van der Waals surface area contributed by atoms with Crippen molar-refractivity contribution < 1.29 is 14.3 Å². The van der Waals surface area contributed by atoms with E-state index in [1.807, 2.05) is 0 Å². The first-order valence-electron chi connectivity index (χ1n) is 6.77. The molecule has 1 fully saturated rings. The van der Waals surface area contributed by atoms with Gasteiger partial charge in [-0.25, -0.2) is 9.18 Å². The van der Waals surface area contributed by atoms with Crippen LogP contribution in [0.3, 0.4) is 0 Å². The van der Waals surface area contributed by atoms with Crippen LogP contribution in [0.2, 0.25) is 0 Å². The molecule has 1 saturated heterocycles. The molecule has 0 bridgehead atoms. The van der Waals surface area contributed by atoms with Gasteiger partial charge in [0.15, 0.2) is 0 Å². The normalized spacial score (nSPS) is 18.8. The monoisotopic (exact) mass is 277 g/mol. The second-order valence-corrected chi connectivity index (χ2v) is 6.15. The highest BCUT2D eigenvalue weighted by atomic mass is 19.1. The lowest BCUT2D eigenvalue weighted by atomic mass is 9.93. The molecule has 3 nitrogen and oxygen atoms in total. The van der Waals surface area contributed by atoms with Gasteiger partial charge in [0.25, 0.3) is 0 Å². The van der Waals surface area contributed by atoms with E-state index in [4.69, 9.17) is 5.11 Å². The molecular formula is C16H20FNO2. The Kier molecular flexibility index (Phi) is 4.23. The van der Waals surface area contributed by atoms with Crippen molar-refractivity contribution in [3.63, 3.8) is 0 Å². The summed E-state index contributed by atoms with van der Waals surface area (Å²) in [5.41, 5.74) is 1.67. The zero-order valence-corrected chi connectivity index (χ0v) is 11.9. The van der Waals surface area contributed by atoms with E-state index in [1.54, 1.807) is 12.1 Å². The Morgan fingerprint density at radius 1 is 1.50 bits per heavy atom. The number of carboxylic acids is 1. The molecular weight excluding hydrogens is 257 g/mol. The van der Waals surface area contributed by atoms with E-state index >= 15 is 0 Å². The first kappa shape index (κ1) is 14.7. The molecule has 1 aromatic rings. The molecule has 0 aromatic heterocycles. The van der Waals surface area contributed by atoms with Crippen LogP contribution in [-0.2, 0) is 11.3 Å². The molecule has 4 heteroatoms. The third-order valence-electron chi connectivity index (χ3n) is 3.63. The minimum Gasteiger partial charge on any atom is -0.478 e. The zero-order valence-electron chi connectivity index (χ0n) is 11.9. The van der Waals surface area contributed by atoms with Crippen LogP contribution in [-0.4, -0.2) is 29.1 Å². The lowest BCUT2D eigenvalue weighted by Gasteiger charge is -2.19. The number of carboxylic acid groups (broad SMARTS) is 1. The number of aliphatic carboxylic acids is 1. The average Bonchev–Trinajstić information content (AvgIpc) is 2.69. The van der Waals surface area contributed by atoms with Crippen molar-refractivity contribution in [1.82, 2.24) is 4.90 Å². The van der Waals surface area contributed by atoms with Gasteiger partial charge in [-0.2, -0.15) is 0 Å². The molecule has 0 amide bonds. The van der Waals surface area contributed by atoms with Gasteiger partial charge in [0.2, 0.25) is 0 Å². The Hall–Kier alpha value is -1.68. The maximum Gasteiger partial charge on any atom is 0.328 e. The van der Waals surface area contributed by atoms with E-state index in [0.29, 0.717) is 11.0 Å². The fourth-order valence-electron chi connectivity index (χ4n) is 2.60. The van der Waals surface area contributed by atoms with Crippen molar-refractivity contribution in [1.29, 1.82) is 0 Å². The fourth-order valence-corrected chi connectivity index (χ4v) is 2.60. The molecule has 2 rings (SSSR count). The molecule has 1 heterocycles. The van der Waals surface area contributed by atoms with Gasteiger partial charge < -0.3 is 5.11 Å². The third kappa shape index (κ3) is 3.90.